The van der Waals surface area contributed by atoms with Crippen molar-refractivity contribution in [3.05, 3.63) is 120 Å². The van der Waals surface area contributed by atoms with Crippen molar-refractivity contribution in [1.29, 1.82) is 0 Å². The number of carboxylic acid groups (broad SMARTS) is 2. The van der Waals surface area contributed by atoms with Crippen molar-refractivity contribution >= 4 is 56.2 Å². The van der Waals surface area contributed by atoms with Crippen LogP contribution in [0.5, 0.6) is 0 Å². The van der Waals surface area contributed by atoms with Gasteiger partial charge < -0.3 is 25.6 Å². The van der Waals surface area contributed by atoms with Gasteiger partial charge in [-0.3, -0.25) is 33.8 Å². The van der Waals surface area contributed by atoms with E-state index in [9.17, 15) is 47.4 Å². The summed E-state index contributed by atoms with van der Waals surface area (Å²) in [5.41, 5.74) is 1.70. The maximum Gasteiger partial charge on any atom is 0.306 e. The predicted octanol–water partition coefficient (Wildman–Crippen LogP) is 4.67. The fourth-order valence-electron chi connectivity index (χ4n) is 5.95. The summed E-state index contributed by atoms with van der Waals surface area (Å²) < 4.78 is 31.0. The molecule has 2 amide bonds. The van der Waals surface area contributed by atoms with Crippen LogP contribution in [0.15, 0.2) is 113 Å². The molecular formula is C42H45N3O11S. The monoisotopic (exact) mass is 799 g/mol. The van der Waals surface area contributed by atoms with Gasteiger partial charge in [0.2, 0.25) is 11.8 Å². The maximum absolute atomic E-state index is 14.2. The molecule has 4 atom stereocenters. The number of hydrogen-bond acceptors (Lipinski definition) is 10. The zero-order chi connectivity index (χ0) is 41.5. The van der Waals surface area contributed by atoms with Crippen molar-refractivity contribution in [3.63, 3.8) is 0 Å². The molecule has 0 saturated carbocycles. The number of sulfone groups is 1. The van der Waals surface area contributed by atoms with Crippen LogP contribution in [-0.2, 0) is 56.4 Å². The summed E-state index contributed by atoms with van der Waals surface area (Å²) >= 11 is 0. The molecule has 0 bridgehead atoms. The Morgan fingerprint density at radius 3 is 2.02 bits per heavy atom. The summed E-state index contributed by atoms with van der Waals surface area (Å²) in [6.07, 6.45) is -1.52. The van der Waals surface area contributed by atoms with Gasteiger partial charge in [0.05, 0.1) is 47.7 Å². The molecule has 3 aromatic carbocycles. The zero-order valence-electron chi connectivity index (χ0n) is 31.4. The summed E-state index contributed by atoms with van der Waals surface area (Å²) in [7, 11) is -3.98. The summed E-state index contributed by atoms with van der Waals surface area (Å²) in [4.78, 5) is 82.5. The number of aliphatic carboxylic acids is 2. The van der Waals surface area contributed by atoms with E-state index in [0.717, 1.165) is 16.9 Å². The van der Waals surface area contributed by atoms with Crippen LogP contribution in [0.3, 0.4) is 0 Å². The third-order valence-electron chi connectivity index (χ3n) is 9.07. The lowest BCUT2D eigenvalue weighted by Crippen LogP contribution is -2.48. The molecule has 14 nitrogen and oxygen atoms in total. The molecule has 0 fully saturated rings. The van der Waals surface area contributed by atoms with E-state index in [1.54, 1.807) is 74.5 Å². The van der Waals surface area contributed by atoms with E-state index in [4.69, 9.17) is 4.74 Å². The molecule has 0 aliphatic rings. The number of para-hydroxylation sites is 1. The number of hydrogen-bond donors (Lipinski definition) is 4. The number of fused-ring (bicyclic) bond motifs is 1. The average Bonchev–Trinajstić information content (AvgIpc) is 3.17. The van der Waals surface area contributed by atoms with E-state index in [2.05, 4.69) is 15.6 Å². The lowest BCUT2D eigenvalue weighted by atomic mass is 9.86. The van der Waals surface area contributed by atoms with Gasteiger partial charge in [-0.05, 0) is 41.8 Å². The number of Topliss-reactive ketones (excluding diaryl/α,β-unsaturated/α-hetero) is 1. The quantitative estimate of drug-likeness (QED) is 0.0845. The van der Waals surface area contributed by atoms with E-state index < -0.39 is 101 Å². The van der Waals surface area contributed by atoms with Gasteiger partial charge in [-0.15, -0.1) is 0 Å². The van der Waals surface area contributed by atoms with E-state index in [0.29, 0.717) is 16.8 Å². The second kappa shape index (κ2) is 20.6. The van der Waals surface area contributed by atoms with Crippen molar-refractivity contribution in [2.75, 3.05) is 0 Å². The fraction of sp³-hybridized carbons (Fsp3) is 0.310. The third-order valence-corrected chi connectivity index (χ3v) is 10.5. The van der Waals surface area contributed by atoms with E-state index >= 15 is 0 Å². The molecule has 300 valence electrons. The lowest BCUT2D eigenvalue weighted by Gasteiger charge is -2.26. The standard InChI is InChI=1S/C42H45N3O11S/c1-27(2)34(42(53)44-32(24-39(49)50)19-20-57(54,55)33-14-7-4-8-15-33)25-37(46)36(23-31-18-17-29-13-9-10-16-35(29)43-31)45-41(52)30(21-38(47)48)22-40(51)56-26-28-11-5-3-6-12-28/h3-20,27,30,32,34,36H,21-26H2,1-2H3,(H,44,53)(H,45,52)(H,47,48)(H,49,50)/b20-19+/t30-,32-,34+,36-/m1/s1. The van der Waals surface area contributed by atoms with Gasteiger partial charge in [0, 0.05) is 35.2 Å². The second-order valence-corrected chi connectivity index (χ2v) is 15.7. The van der Waals surface area contributed by atoms with Gasteiger partial charge in [-0.2, -0.15) is 0 Å². The SMILES string of the molecule is CC(C)[C@H](CC(=O)[C@@H](Cc1ccc2ccccc2n1)NC(=O)[C@H](CC(=O)O)CC(=O)OCc1ccccc1)C(=O)N[C@H](/C=C/S(=O)(=O)c1ccccc1)CC(=O)O. The van der Waals surface area contributed by atoms with Crippen LogP contribution < -0.4 is 10.6 Å². The molecule has 1 aromatic heterocycles. The number of amides is 2. The topological polar surface area (TPSA) is 223 Å². The Bertz CT molecular complexity index is 2190. The van der Waals surface area contributed by atoms with Crippen molar-refractivity contribution in [2.45, 2.75) is 69.5 Å². The van der Waals surface area contributed by atoms with Gasteiger partial charge in [-0.1, -0.05) is 86.6 Å². The van der Waals surface area contributed by atoms with Crippen molar-refractivity contribution < 1.29 is 52.1 Å². The number of benzene rings is 3. The highest BCUT2D eigenvalue weighted by atomic mass is 32.2. The highest BCUT2D eigenvalue weighted by Gasteiger charge is 2.34. The first-order valence-electron chi connectivity index (χ1n) is 18.2. The fourth-order valence-corrected chi connectivity index (χ4v) is 7.04. The van der Waals surface area contributed by atoms with Gasteiger partial charge in [-0.25, -0.2) is 8.42 Å². The van der Waals surface area contributed by atoms with Crippen LogP contribution in [0.4, 0.5) is 0 Å². The van der Waals surface area contributed by atoms with Crippen LogP contribution in [-0.4, -0.2) is 71.2 Å². The van der Waals surface area contributed by atoms with Crippen LogP contribution in [0.1, 0.15) is 50.8 Å². The first-order valence-corrected chi connectivity index (χ1v) is 19.8. The van der Waals surface area contributed by atoms with Crippen molar-refractivity contribution in [2.24, 2.45) is 17.8 Å². The van der Waals surface area contributed by atoms with Crippen LogP contribution in [0.25, 0.3) is 10.9 Å². The number of carbonyl (C=O) groups is 6. The number of nitrogens with zero attached hydrogens (tertiary/aromatic N) is 1. The average molecular weight is 800 g/mol. The highest BCUT2D eigenvalue weighted by molar-refractivity contribution is 7.94. The first kappa shape index (κ1) is 43.5. The minimum Gasteiger partial charge on any atom is -0.481 e. The highest BCUT2D eigenvalue weighted by Crippen LogP contribution is 2.21. The third kappa shape index (κ3) is 13.8. The molecule has 57 heavy (non-hydrogen) atoms. The molecule has 0 radical (unpaired) electrons. The number of aromatic nitrogens is 1. The van der Waals surface area contributed by atoms with Crippen molar-refractivity contribution in [3.8, 4) is 0 Å². The van der Waals surface area contributed by atoms with Gasteiger partial charge in [0.25, 0.3) is 0 Å². The van der Waals surface area contributed by atoms with Gasteiger partial charge >= 0.3 is 17.9 Å². The Hall–Kier alpha value is -6.22. The molecule has 15 heteroatoms. The lowest BCUT2D eigenvalue weighted by molar-refractivity contribution is -0.150. The van der Waals surface area contributed by atoms with Crippen molar-refractivity contribution in [1.82, 2.24) is 15.6 Å². The van der Waals surface area contributed by atoms with E-state index in [1.165, 1.54) is 24.3 Å². The number of esters is 1. The maximum atomic E-state index is 14.2. The molecule has 4 aromatic rings. The smallest absolute Gasteiger partial charge is 0.306 e. The van der Waals surface area contributed by atoms with E-state index in [-0.39, 0.29) is 17.9 Å². The Morgan fingerprint density at radius 1 is 0.737 bits per heavy atom. The molecule has 0 aliphatic carbocycles. The summed E-state index contributed by atoms with van der Waals surface area (Å²) in [5.74, 6) is -8.72. The molecule has 4 rings (SSSR count). The Labute approximate surface area is 330 Å². The Morgan fingerprint density at radius 2 is 1.37 bits per heavy atom. The Kier molecular flexibility index (Phi) is 15.7. The molecule has 0 unspecified atom stereocenters. The van der Waals surface area contributed by atoms with Gasteiger partial charge in [0.15, 0.2) is 15.6 Å². The molecule has 1 heterocycles. The number of rotatable bonds is 21. The second-order valence-electron chi connectivity index (χ2n) is 13.8. The molecular weight excluding hydrogens is 755 g/mol. The zero-order valence-corrected chi connectivity index (χ0v) is 32.3. The number of ketones is 1. The predicted molar refractivity (Wildman–Crippen MR) is 209 cm³/mol. The number of nitrogens with one attached hydrogen (secondary N) is 2. The number of carbonyl (C=O) groups excluding carboxylic acids is 4. The number of pyridine rings is 1. The largest absolute Gasteiger partial charge is 0.481 e. The van der Waals surface area contributed by atoms with Crippen LogP contribution >= 0.6 is 0 Å². The van der Waals surface area contributed by atoms with Crippen LogP contribution in [0.2, 0.25) is 0 Å². The minimum absolute atomic E-state index is 0.0315. The summed E-state index contributed by atoms with van der Waals surface area (Å²) in [5, 5.41) is 26.0. The first-order chi connectivity index (χ1) is 27.1. The normalized spacial score (nSPS) is 13.7. The summed E-state index contributed by atoms with van der Waals surface area (Å²) in [6, 6.07) is 24.3. The van der Waals surface area contributed by atoms with E-state index in [1.807, 2.05) is 12.1 Å². The molecule has 4 N–H and O–H groups in total. The Balaban J connectivity index is 1.56. The molecule has 0 aliphatic heterocycles. The van der Waals surface area contributed by atoms with Gasteiger partial charge in [0.1, 0.15) is 6.61 Å². The number of ether oxygens (including phenoxy) is 1. The molecule has 0 spiro atoms. The van der Waals surface area contributed by atoms with Crippen LogP contribution in [0, 0.1) is 17.8 Å². The molecule has 0 saturated heterocycles. The number of carboxylic acids is 2. The minimum atomic E-state index is -3.98. The summed E-state index contributed by atoms with van der Waals surface area (Å²) in [6.45, 7) is 3.24.